The van der Waals surface area contributed by atoms with Crippen molar-refractivity contribution in [1.82, 2.24) is 4.98 Å². The van der Waals surface area contributed by atoms with Crippen LogP contribution in [0, 0.1) is 5.82 Å². The van der Waals surface area contributed by atoms with Crippen LogP contribution in [0.15, 0.2) is 41.0 Å². The van der Waals surface area contributed by atoms with Crippen molar-refractivity contribution in [3.8, 4) is 11.6 Å². The van der Waals surface area contributed by atoms with Crippen LogP contribution in [0.2, 0.25) is 0 Å². The fourth-order valence-corrected chi connectivity index (χ4v) is 1.66. The molecular weight excluding hydrogens is 308 g/mol. The molecule has 1 aromatic carbocycles. The van der Waals surface area contributed by atoms with E-state index in [1.165, 1.54) is 6.07 Å². The molecule has 17 heavy (non-hydrogen) atoms. The number of rotatable bonds is 3. The van der Waals surface area contributed by atoms with E-state index >= 15 is 0 Å². The molecule has 1 aromatic heterocycles. The van der Waals surface area contributed by atoms with Crippen LogP contribution in [0.1, 0.15) is 5.56 Å². The van der Waals surface area contributed by atoms with Gasteiger partial charge in [0.25, 0.3) is 0 Å². The predicted molar refractivity (Wildman–Crippen MR) is 68.0 cm³/mol. The summed E-state index contributed by atoms with van der Waals surface area (Å²) < 4.78 is 19.1. The number of hydrogen-bond acceptors (Lipinski definition) is 2. The lowest BCUT2D eigenvalue weighted by Gasteiger charge is -2.06. The topological polar surface area (TPSA) is 22.1 Å². The van der Waals surface area contributed by atoms with Gasteiger partial charge in [-0.05, 0) is 39.7 Å². The summed E-state index contributed by atoms with van der Waals surface area (Å²) in [4.78, 5) is 4.02. The van der Waals surface area contributed by atoms with Gasteiger partial charge in [-0.15, -0.1) is 11.6 Å². The van der Waals surface area contributed by atoms with Crippen molar-refractivity contribution in [1.29, 1.82) is 0 Å². The highest BCUT2D eigenvalue weighted by molar-refractivity contribution is 9.10. The Bertz CT molecular complexity index is 536. The van der Waals surface area contributed by atoms with Gasteiger partial charge in [0.1, 0.15) is 11.6 Å². The summed E-state index contributed by atoms with van der Waals surface area (Å²) >= 11 is 8.77. The van der Waals surface area contributed by atoms with E-state index in [4.69, 9.17) is 16.3 Å². The van der Waals surface area contributed by atoms with Gasteiger partial charge in [0.2, 0.25) is 5.88 Å². The third-order valence-corrected chi connectivity index (χ3v) is 3.02. The lowest BCUT2D eigenvalue weighted by Crippen LogP contribution is -1.90. The zero-order valence-electron chi connectivity index (χ0n) is 8.66. The minimum absolute atomic E-state index is 0.379. The summed E-state index contributed by atoms with van der Waals surface area (Å²) in [5.74, 6) is 0.791. The molecule has 0 spiro atoms. The maximum absolute atomic E-state index is 13.3. The molecular formula is C12H8BrClFNO. The number of halogens is 3. The molecule has 0 saturated heterocycles. The predicted octanol–water partition coefficient (Wildman–Crippen LogP) is 4.51. The standard InChI is InChI=1S/C12H8BrClFNO/c13-10-2-1-9(6-11(10)15)17-12-5-8(7-14)3-4-16-12/h1-6H,7H2. The maximum Gasteiger partial charge on any atom is 0.219 e. The molecule has 5 heteroatoms. The normalized spacial score (nSPS) is 10.3. The first-order valence-corrected chi connectivity index (χ1v) is 6.15. The van der Waals surface area contributed by atoms with Crippen molar-refractivity contribution < 1.29 is 9.13 Å². The zero-order chi connectivity index (χ0) is 12.3. The van der Waals surface area contributed by atoms with Crippen molar-refractivity contribution in [3.63, 3.8) is 0 Å². The van der Waals surface area contributed by atoms with Crippen LogP contribution in [-0.2, 0) is 5.88 Å². The number of alkyl halides is 1. The molecule has 0 radical (unpaired) electrons. The van der Waals surface area contributed by atoms with Crippen LogP contribution < -0.4 is 4.74 Å². The van der Waals surface area contributed by atoms with Gasteiger partial charge < -0.3 is 4.74 Å². The molecule has 0 N–H and O–H groups in total. The molecule has 0 unspecified atom stereocenters. The maximum atomic E-state index is 13.3. The van der Waals surface area contributed by atoms with E-state index in [0.717, 1.165) is 5.56 Å². The molecule has 0 aliphatic heterocycles. The van der Waals surface area contributed by atoms with E-state index in [1.54, 1.807) is 30.5 Å². The Labute approximate surface area is 112 Å². The van der Waals surface area contributed by atoms with Crippen molar-refractivity contribution in [3.05, 3.63) is 52.4 Å². The fraction of sp³-hybridized carbons (Fsp3) is 0.0833. The Hall–Kier alpha value is -1.13. The van der Waals surface area contributed by atoms with Gasteiger partial charge in [-0.1, -0.05) is 0 Å². The number of aromatic nitrogens is 1. The summed E-state index contributed by atoms with van der Waals surface area (Å²) in [5, 5.41) is 0. The first-order valence-electron chi connectivity index (χ1n) is 4.83. The summed E-state index contributed by atoms with van der Waals surface area (Å²) in [6, 6.07) is 8.03. The van der Waals surface area contributed by atoms with Crippen LogP contribution in [0.3, 0.4) is 0 Å². The van der Waals surface area contributed by atoms with E-state index in [0.29, 0.717) is 22.0 Å². The summed E-state index contributed by atoms with van der Waals surface area (Å²) in [6.07, 6.45) is 1.60. The smallest absolute Gasteiger partial charge is 0.219 e. The molecule has 0 saturated carbocycles. The quantitative estimate of drug-likeness (QED) is 0.777. The van der Waals surface area contributed by atoms with Gasteiger partial charge in [-0.25, -0.2) is 9.37 Å². The van der Waals surface area contributed by atoms with Crippen LogP contribution in [0.25, 0.3) is 0 Å². The third kappa shape index (κ3) is 3.17. The Kier molecular flexibility index (Phi) is 3.97. The second-order valence-corrected chi connectivity index (χ2v) is 4.44. The minimum atomic E-state index is -0.379. The van der Waals surface area contributed by atoms with E-state index in [1.807, 2.05) is 0 Å². The fourth-order valence-electron chi connectivity index (χ4n) is 1.25. The summed E-state index contributed by atoms with van der Waals surface area (Å²) in [6.45, 7) is 0. The second kappa shape index (κ2) is 5.47. The average molecular weight is 317 g/mol. The SMILES string of the molecule is Fc1cc(Oc2cc(CCl)ccn2)ccc1Br. The molecule has 0 aliphatic rings. The number of hydrogen-bond donors (Lipinski definition) is 0. The molecule has 0 atom stereocenters. The molecule has 0 fully saturated rings. The minimum Gasteiger partial charge on any atom is -0.439 e. The number of pyridine rings is 1. The van der Waals surface area contributed by atoms with Gasteiger partial charge in [0.15, 0.2) is 0 Å². The van der Waals surface area contributed by atoms with Gasteiger partial charge in [-0.2, -0.15) is 0 Å². The third-order valence-electron chi connectivity index (χ3n) is 2.07. The monoisotopic (exact) mass is 315 g/mol. The van der Waals surface area contributed by atoms with Crippen molar-refractivity contribution in [2.45, 2.75) is 5.88 Å². The summed E-state index contributed by atoms with van der Waals surface area (Å²) in [5.41, 5.74) is 0.897. The molecule has 1 heterocycles. The van der Waals surface area contributed by atoms with Crippen molar-refractivity contribution >= 4 is 27.5 Å². The van der Waals surface area contributed by atoms with Crippen LogP contribution in [0.4, 0.5) is 4.39 Å². The molecule has 2 nitrogen and oxygen atoms in total. The molecule has 0 aliphatic carbocycles. The number of nitrogens with zero attached hydrogens (tertiary/aromatic N) is 1. The van der Waals surface area contributed by atoms with E-state index < -0.39 is 0 Å². The highest BCUT2D eigenvalue weighted by Gasteiger charge is 2.04. The molecule has 0 amide bonds. The number of ether oxygens (including phenoxy) is 1. The van der Waals surface area contributed by atoms with E-state index in [9.17, 15) is 4.39 Å². The molecule has 88 valence electrons. The summed E-state index contributed by atoms with van der Waals surface area (Å²) in [7, 11) is 0. The lowest BCUT2D eigenvalue weighted by molar-refractivity contribution is 0.457. The van der Waals surface area contributed by atoms with E-state index in [-0.39, 0.29) is 5.82 Å². The largest absolute Gasteiger partial charge is 0.439 e. The molecule has 0 bridgehead atoms. The van der Waals surface area contributed by atoms with Crippen molar-refractivity contribution in [2.75, 3.05) is 0 Å². The Morgan fingerprint density at radius 3 is 2.82 bits per heavy atom. The van der Waals surface area contributed by atoms with Gasteiger partial charge in [0, 0.05) is 24.2 Å². The molecule has 2 aromatic rings. The lowest BCUT2D eigenvalue weighted by atomic mass is 10.3. The van der Waals surface area contributed by atoms with Crippen LogP contribution >= 0.6 is 27.5 Å². The number of benzene rings is 1. The zero-order valence-corrected chi connectivity index (χ0v) is 11.0. The second-order valence-electron chi connectivity index (χ2n) is 3.31. The first kappa shape index (κ1) is 12.3. The van der Waals surface area contributed by atoms with Gasteiger partial charge in [-0.3, -0.25) is 0 Å². The van der Waals surface area contributed by atoms with Gasteiger partial charge in [0.05, 0.1) is 4.47 Å². The Morgan fingerprint density at radius 2 is 2.12 bits per heavy atom. The van der Waals surface area contributed by atoms with Gasteiger partial charge >= 0.3 is 0 Å². The van der Waals surface area contributed by atoms with E-state index in [2.05, 4.69) is 20.9 Å². The highest BCUT2D eigenvalue weighted by atomic mass is 79.9. The Balaban J connectivity index is 2.22. The Morgan fingerprint density at radius 1 is 1.29 bits per heavy atom. The van der Waals surface area contributed by atoms with Crippen molar-refractivity contribution in [2.24, 2.45) is 0 Å². The highest BCUT2D eigenvalue weighted by Crippen LogP contribution is 2.25. The van der Waals surface area contributed by atoms with Crippen LogP contribution in [-0.4, -0.2) is 4.98 Å². The average Bonchev–Trinajstić information content (AvgIpc) is 2.34. The molecule has 2 rings (SSSR count). The van der Waals surface area contributed by atoms with Crippen LogP contribution in [0.5, 0.6) is 11.6 Å². The first-order chi connectivity index (χ1) is 8.19.